The lowest BCUT2D eigenvalue weighted by Gasteiger charge is -2.28. The van der Waals surface area contributed by atoms with E-state index in [4.69, 9.17) is 9.47 Å². The monoisotopic (exact) mass is 368 g/mol. The fraction of sp³-hybridized carbons (Fsp3) is 0.250. The number of anilines is 2. The minimum absolute atomic E-state index is 0.140. The maximum Gasteiger partial charge on any atom is 0.326 e. The SMILES string of the molecule is CCc1cccc(NC(=O)COC(=O)CN2C(=O)COc3ccccc32)c1. The first-order chi connectivity index (χ1) is 13.1. The van der Waals surface area contributed by atoms with E-state index in [1.54, 1.807) is 30.3 Å². The summed E-state index contributed by atoms with van der Waals surface area (Å²) in [6.07, 6.45) is 0.855. The Balaban J connectivity index is 1.54. The van der Waals surface area contributed by atoms with Crippen LogP contribution in [0.25, 0.3) is 0 Å². The van der Waals surface area contributed by atoms with Crippen LogP contribution in [0.3, 0.4) is 0 Å². The number of para-hydroxylation sites is 2. The lowest BCUT2D eigenvalue weighted by atomic mass is 10.1. The fourth-order valence-electron chi connectivity index (χ4n) is 2.71. The van der Waals surface area contributed by atoms with Crippen LogP contribution in [0.5, 0.6) is 5.75 Å². The van der Waals surface area contributed by atoms with Gasteiger partial charge in [0.1, 0.15) is 12.3 Å². The van der Waals surface area contributed by atoms with Crippen molar-refractivity contribution in [3.63, 3.8) is 0 Å². The van der Waals surface area contributed by atoms with Crippen molar-refractivity contribution < 1.29 is 23.9 Å². The zero-order valence-corrected chi connectivity index (χ0v) is 14.9. The molecule has 0 unspecified atom stereocenters. The third kappa shape index (κ3) is 4.63. The molecule has 0 fully saturated rings. The van der Waals surface area contributed by atoms with Gasteiger partial charge in [-0.05, 0) is 36.2 Å². The van der Waals surface area contributed by atoms with Crippen LogP contribution in [-0.4, -0.2) is 37.5 Å². The molecule has 0 spiro atoms. The molecule has 1 N–H and O–H groups in total. The van der Waals surface area contributed by atoms with Gasteiger partial charge in [0.05, 0.1) is 5.69 Å². The zero-order valence-electron chi connectivity index (χ0n) is 14.9. The standard InChI is InChI=1S/C20H20N2O5/c1-2-14-6-5-7-15(10-14)21-18(23)12-27-20(25)11-22-16-8-3-4-9-17(16)26-13-19(22)24/h3-10H,2,11-13H2,1H3,(H,21,23). The highest BCUT2D eigenvalue weighted by Gasteiger charge is 2.27. The number of nitrogens with zero attached hydrogens (tertiary/aromatic N) is 1. The second-order valence-corrected chi connectivity index (χ2v) is 6.00. The summed E-state index contributed by atoms with van der Waals surface area (Å²) in [6, 6.07) is 14.4. The van der Waals surface area contributed by atoms with Crippen molar-refractivity contribution in [1.29, 1.82) is 0 Å². The van der Waals surface area contributed by atoms with Gasteiger partial charge in [0.15, 0.2) is 13.2 Å². The van der Waals surface area contributed by atoms with Gasteiger partial charge in [0.2, 0.25) is 0 Å². The van der Waals surface area contributed by atoms with Crippen molar-refractivity contribution in [1.82, 2.24) is 0 Å². The number of ether oxygens (including phenoxy) is 2. The first-order valence-electron chi connectivity index (χ1n) is 8.63. The molecule has 1 aliphatic heterocycles. The van der Waals surface area contributed by atoms with E-state index in [0.29, 0.717) is 17.1 Å². The van der Waals surface area contributed by atoms with Crippen LogP contribution in [0, 0.1) is 0 Å². The third-order valence-electron chi connectivity index (χ3n) is 4.08. The van der Waals surface area contributed by atoms with Crippen molar-refractivity contribution in [3.8, 4) is 5.75 Å². The molecule has 0 radical (unpaired) electrons. The fourth-order valence-corrected chi connectivity index (χ4v) is 2.71. The van der Waals surface area contributed by atoms with Gasteiger partial charge in [-0.2, -0.15) is 0 Å². The lowest BCUT2D eigenvalue weighted by molar-refractivity contribution is -0.146. The molecule has 2 amide bonds. The number of fused-ring (bicyclic) bond motifs is 1. The van der Waals surface area contributed by atoms with E-state index in [-0.39, 0.29) is 19.1 Å². The largest absolute Gasteiger partial charge is 0.482 e. The maximum absolute atomic E-state index is 12.1. The van der Waals surface area contributed by atoms with Gasteiger partial charge >= 0.3 is 5.97 Å². The van der Waals surface area contributed by atoms with E-state index in [9.17, 15) is 14.4 Å². The van der Waals surface area contributed by atoms with Gasteiger partial charge in [0, 0.05) is 5.69 Å². The number of amides is 2. The van der Waals surface area contributed by atoms with Crippen molar-refractivity contribution in [2.45, 2.75) is 13.3 Å². The number of nitrogens with one attached hydrogen (secondary N) is 1. The Morgan fingerprint density at radius 3 is 2.81 bits per heavy atom. The molecular formula is C20H20N2O5. The molecule has 1 aliphatic rings. The minimum atomic E-state index is -0.669. The first kappa shape index (κ1) is 18.4. The Morgan fingerprint density at radius 2 is 2.00 bits per heavy atom. The predicted octanol–water partition coefficient (Wildman–Crippen LogP) is 2.16. The van der Waals surface area contributed by atoms with E-state index < -0.39 is 18.5 Å². The van der Waals surface area contributed by atoms with Crippen LogP contribution < -0.4 is 15.0 Å². The zero-order chi connectivity index (χ0) is 19.2. The molecule has 27 heavy (non-hydrogen) atoms. The number of benzene rings is 2. The summed E-state index contributed by atoms with van der Waals surface area (Å²) in [5.74, 6) is -0.923. The van der Waals surface area contributed by atoms with Crippen LogP contribution in [0.1, 0.15) is 12.5 Å². The van der Waals surface area contributed by atoms with Gasteiger partial charge < -0.3 is 14.8 Å². The van der Waals surface area contributed by atoms with E-state index in [1.807, 2.05) is 25.1 Å². The van der Waals surface area contributed by atoms with Gasteiger partial charge in [0.25, 0.3) is 11.8 Å². The Morgan fingerprint density at radius 1 is 1.19 bits per heavy atom. The Labute approximate surface area is 156 Å². The molecule has 7 heteroatoms. The highest BCUT2D eigenvalue weighted by molar-refractivity contribution is 6.01. The summed E-state index contributed by atoms with van der Waals surface area (Å²) in [4.78, 5) is 37.4. The number of hydrogen-bond acceptors (Lipinski definition) is 5. The first-order valence-corrected chi connectivity index (χ1v) is 8.63. The number of carbonyl (C=O) groups excluding carboxylic acids is 3. The molecule has 0 aromatic heterocycles. The van der Waals surface area contributed by atoms with Crippen molar-refractivity contribution in [2.24, 2.45) is 0 Å². The minimum Gasteiger partial charge on any atom is -0.482 e. The second kappa shape index (κ2) is 8.35. The Hall–Kier alpha value is -3.35. The summed E-state index contributed by atoms with van der Waals surface area (Å²) < 4.78 is 10.3. The number of hydrogen-bond donors (Lipinski definition) is 1. The molecule has 1 heterocycles. The van der Waals surface area contributed by atoms with E-state index in [0.717, 1.165) is 12.0 Å². The molecule has 3 rings (SSSR count). The topological polar surface area (TPSA) is 84.9 Å². The molecule has 0 saturated heterocycles. The molecular weight excluding hydrogens is 348 g/mol. The summed E-state index contributed by atoms with van der Waals surface area (Å²) in [5.41, 5.74) is 2.24. The number of esters is 1. The number of aryl methyl sites for hydroxylation is 1. The summed E-state index contributed by atoms with van der Waals surface area (Å²) in [7, 11) is 0. The molecule has 2 aromatic carbocycles. The normalized spacial score (nSPS) is 12.8. The van der Waals surface area contributed by atoms with E-state index >= 15 is 0 Å². The number of rotatable bonds is 6. The quantitative estimate of drug-likeness (QED) is 0.790. The molecule has 0 bridgehead atoms. The van der Waals surface area contributed by atoms with Crippen molar-refractivity contribution >= 4 is 29.2 Å². The molecule has 140 valence electrons. The van der Waals surface area contributed by atoms with Crippen LogP contribution in [0.4, 0.5) is 11.4 Å². The molecule has 0 atom stereocenters. The van der Waals surface area contributed by atoms with Crippen LogP contribution in [0.2, 0.25) is 0 Å². The number of carbonyl (C=O) groups is 3. The van der Waals surface area contributed by atoms with Crippen LogP contribution in [0.15, 0.2) is 48.5 Å². The maximum atomic E-state index is 12.1. The molecule has 7 nitrogen and oxygen atoms in total. The van der Waals surface area contributed by atoms with Crippen LogP contribution in [-0.2, 0) is 25.5 Å². The Bertz CT molecular complexity index is 865. The van der Waals surface area contributed by atoms with Crippen LogP contribution >= 0.6 is 0 Å². The molecule has 2 aromatic rings. The smallest absolute Gasteiger partial charge is 0.326 e. The lowest BCUT2D eigenvalue weighted by Crippen LogP contribution is -2.42. The third-order valence-corrected chi connectivity index (χ3v) is 4.08. The van der Waals surface area contributed by atoms with Gasteiger partial charge in [-0.1, -0.05) is 31.2 Å². The average molecular weight is 368 g/mol. The predicted molar refractivity (Wildman–Crippen MR) is 99.7 cm³/mol. The summed E-state index contributed by atoms with van der Waals surface area (Å²) >= 11 is 0. The van der Waals surface area contributed by atoms with Gasteiger partial charge in [-0.25, -0.2) is 0 Å². The summed E-state index contributed by atoms with van der Waals surface area (Å²) in [6.45, 7) is 1.18. The van der Waals surface area contributed by atoms with E-state index in [2.05, 4.69) is 5.32 Å². The second-order valence-electron chi connectivity index (χ2n) is 6.00. The highest BCUT2D eigenvalue weighted by atomic mass is 16.5. The van der Waals surface area contributed by atoms with Crippen molar-refractivity contribution in [2.75, 3.05) is 30.0 Å². The molecule has 0 saturated carbocycles. The highest BCUT2D eigenvalue weighted by Crippen LogP contribution is 2.31. The average Bonchev–Trinajstić information content (AvgIpc) is 2.69. The van der Waals surface area contributed by atoms with E-state index in [1.165, 1.54) is 4.90 Å². The van der Waals surface area contributed by atoms with Crippen molar-refractivity contribution in [3.05, 3.63) is 54.1 Å². The van der Waals surface area contributed by atoms with Gasteiger partial charge in [-0.3, -0.25) is 19.3 Å². The van der Waals surface area contributed by atoms with Gasteiger partial charge in [-0.15, -0.1) is 0 Å². The Kier molecular flexibility index (Phi) is 5.71. The molecule has 0 aliphatic carbocycles. The summed E-state index contributed by atoms with van der Waals surface area (Å²) in [5, 5.41) is 2.68.